The highest BCUT2D eigenvalue weighted by molar-refractivity contribution is 14.1. The molecule has 0 aromatic carbocycles. The van der Waals surface area contributed by atoms with E-state index in [1.807, 2.05) is 0 Å². The van der Waals surface area contributed by atoms with E-state index in [1.54, 1.807) is 0 Å². The molecule has 1 aromatic heterocycles. The third-order valence-electron chi connectivity index (χ3n) is 1.72. The number of aromatic nitrogens is 1. The van der Waals surface area contributed by atoms with Crippen LogP contribution in [0.25, 0.3) is 0 Å². The van der Waals surface area contributed by atoms with Gasteiger partial charge in [0, 0.05) is 11.8 Å². The zero-order valence-electron chi connectivity index (χ0n) is 8.08. The fraction of sp³-hybridized carbons (Fsp3) is 0.375. The zero-order chi connectivity index (χ0) is 13.4. The van der Waals surface area contributed by atoms with Gasteiger partial charge in [-0.15, -0.1) is 13.2 Å². The second-order valence-electron chi connectivity index (χ2n) is 2.96. The highest BCUT2D eigenvalue weighted by atomic mass is 127. The van der Waals surface area contributed by atoms with Gasteiger partial charge < -0.3 is 4.74 Å². The number of halogens is 7. The molecule has 9 heteroatoms. The summed E-state index contributed by atoms with van der Waals surface area (Å²) in [5, 5.41) is 0. The van der Waals surface area contributed by atoms with E-state index in [4.69, 9.17) is 0 Å². The minimum absolute atomic E-state index is 0.00912. The minimum atomic E-state index is -5.19. The quantitative estimate of drug-likeness (QED) is 0.424. The first-order valence-corrected chi connectivity index (χ1v) is 5.08. The predicted octanol–water partition coefficient (Wildman–Crippen LogP) is 3.91. The van der Waals surface area contributed by atoms with Gasteiger partial charge in [0.15, 0.2) is 0 Å². The molecule has 0 aliphatic carbocycles. The van der Waals surface area contributed by atoms with Crippen LogP contribution in [0.15, 0.2) is 6.20 Å². The summed E-state index contributed by atoms with van der Waals surface area (Å²) in [5.74, 6) is -1.26. The standard InChI is InChI=1S/C8H4F6INO/c1-3-5(17-8(12,13)14)4(7(9,10)11)2-16-6(3)15/h2H,1H3. The van der Waals surface area contributed by atoms with Crippen molar-refractivity contribution in [1.29, 1.82) is 0 Å². The maximum absolute atomic E-state index is 12.4. The highest BCUT2D eigenvalue weighted by Crippen LogP contribution is 2.40. The Morgan fingerprint density at radius 3 is 2.12 bits per heavy atom. The molecule has 0 radical (unpaired) electrons. The van der Waals surface area contributed by atoms with E-state index in [1.165, 1.54) is 22.6 Å². The third kappa shape index (κ3) is 3.61. The van der Waals surface area contributed by atoms with Crippen molar-refractivity contribution < 1.29 is 31.1 Å². The van der Waals surface area contributed by atoms with Crippen molar-refractivity contribution in [3.8, 4) is 5.75 Å². The van der Waals surface area contributed by atoms with E-state index in [0.717, 1.165) is 6.92 Å². The molecule has 0 aliphatic heterocycles. The van der Waals surface area contributed by atoms with Crippen molar-refractivity contribution in [2.75, 3.05) is 0 Å². The molecule has 0 unspecified atom stereocenters. The van der Waals surface area contributed by atoms with Crippen LogP contribution in [0.1, 0.15) is 11.1 Å². The predicted molar refractivity (Wildman–Crippen MR) is 53.4 cm³/mol. The van der Waals surface area contributed by atoms with E-state index in [-0.39, 0.29) is 9.26 Å². The third-order valence-corrected chi connectivity index (χ3v) is 2.81. The van der Waals surface area contributed by atoms with Gasteiger partial charge in [0.05, 0.1) is 0 Å². The second-order valence-corrected chi connectivity index (χ2v) is 3.98. The normalized spacial score (nSPS) is 12.7. The van der Waals surface area contributed by atoms with Gasteiger partial charge in [-0.25, -0.2) is 4.98 Å². The summed E-state index contributed by atoms with van der Waals surface area (Å²) in [6.07, 6.45) is -9.83. The minimum Gasteiger partial charge on any atom is -0.405 e. The number of pyridine rings is 1. The summed E-state index contributed by atoms with van der Waals surface area (Å²) in [7, 11) is 0. The van der Waals surface area contributed by atoms with Crippen LogP contribution in [-0.2, 0) is 6.18 Å². The van der Waals surface area contributed by atoms with E-state index in [0.29, 0.717) is 6.20 Å². The Morgan fingerprint density at radius 1 is 1.18 bits per heavy atom. The molecule has 0 fully saturated rings. The van der Waals surface area contributed by atoms with Crippen LogP contribution in [-0.4, -0.2) is 11.3 Å². The van der Waals surface area contributed by atoms with E-state index < -0.39 is 23.9 Å². The smallest absolute Gasteiger partial charge is 0.405 e. The molecule has 0 spiro atoms. The first-order valence-electron chi connectivity index (χ1n) is 4.00. The average Bonchev–Trinajstić information content (AvgIpc) is 2.08. The molecule has 1 rings (SSSR count). The van der Waals surface area contributed by atoms with Crippen LogP contribution in [0.4, 0.5) is 26.3 Å². The van der Waals surface area contributed by atoms with Crippen LogP contribution < -0.4 is 4.74 Å². The molecule has 2 nitrogen and oxygen atoms in total. The molecule has 96 valence electrons. The molecule has 0 amide bonds. The molecular weight excluding hydrogens is 367 g/mol. The molecule has 0 atom stereocenters. The Bertz CT molecular complexity index is 427. The van der Waals surface area contributed by atoms with Crippen molar-refractivity contribution in [2.45, 2.75) is 19.5 Å². The fourth-order valence-corrected chi connectivity index (χ4v) is 1.41. The first-order chi connectivity index (χ1) is 7.52. The number of hydrogen-bond acceptors (Lipinski definition) is 2. The summed E-state index contributed by atoms with van der Waals surface area (Å²) < 4.78 is 76.8. The average molecular weight is 371 g/mol. The van der Waals surface area contributed by atoms with Crippen molar-refractivity contribution >= 4 is 22.6 Å². The monoisotopic (exact) mass is 371 g/mol. The Morgan fingerprint density at radius 2 is 1.71 bits per heavy atom. The van der Waals surface area contributed by atoms with E-state index >= 15 is 0 Å². The van der Waals surface area contributed by atoms with Gasteiger partial charge in [-0.05, 0) is 29.5 Å². The van der Waals surface area contributed by atoms with Crippen molar-refractivity contribution in [3.63, 3.8) is 0 Å². The number of alkyl halides is 6. The summed E-state index contributed by atoms with van der Waals surface area (Å²) in [6, 6.07) is 0. The fourth-order valence-electron chi connectivity index (χ4n) is 1.02. The van der Waals surface area contributed by atoms with Gasteiger partial charge in [0.2, 0.25) is 0 Å². The summed E-state index contributed by atoms with van der Waals surface area (Å²) in [6.45, 7) is 1.07. The Hall–Kier alpha value is -0.740. The molecule has 0 saturated heterocycles. The molecule has 0 bridgehead atoms. The van der Waals surface area contributed by atoms with Crippen molar-refractivity contribution in [3.05, 3.63) is 21.0 Å². The van der Waals surface area contributed by atoms with Crippen molar-refractivity contribution in [1.82, 2.24) is 4.98 Å². The van der Waals surface area contributed by atoms with E-state index in [2.05, 4.69) is 9.72 Å². The van der Waals surface area contributed by atoms with Crippen molar-refractivity contribution in [2.24, 2.45) is 0 Å². The Kier molecular flexibility index (Phi) is 3.79. The zero-order valence-corrected chi connectivity index (χ0v) is 10.2. The largest absolute Gasteiger partial charge is 0.573 e. The van der Waals surface area contributed by atoms with Gasteiger partial charge in [-0.2, -0.15) is 13.2 Å². The second kappa shape index (κ2) is 4.50. The van der Waals surface area contributed by atoms with Gasteiger partial charge >= 0.3 is 12.5 Å². The van der Waals surface area contributed by atoms with Crippen LogP contribution >= 0.6 is 22.6 Å². The van der Waals surface area contributed by atoms with Crippen LogP contribution in [0.3, 0.4) is 0 Å². The van der Waals surface area contributed by atoms with Crippen LogP contribution in [0.2, 0.25) is 0 Å². The molecule has 1 aromatic rings. The number of ether oxygens (including phenoxy) is 1. The lowest BCUT2D eigenvalue weighted by molar-refractivity contribution is -0.276. The molecule has 0 aliphatic rings. The van der Waals surface area contributed by atoms with Gasteiger partial charge in [-0.3, -0.25) is 0 Å². The lowest BCUT2D eigenvalue weighted by atomic mass is 10.2. The number of hydrogen-bond donors (Lipinski definition) is 0. The lowest BCUT2D eigenvalue weighted by Crippen LogP contribution is -2.21. The van der Waals surface area contributed by atoms with E-state index in [9.17, 15) is 26.3 Å². The molecule has 1 heterocycles. The molecular formula is C8H4F6INO. The SMILES string of the molecule is Cc1c(I)ncc(C(F)(F)F)c1OC(F)(F)F. The number of rotatable bonds is 1. The number of nitrogens with zero attached hydrogens (tertiary/aromatic N) is 1. The van der Waals surface area contributed by atoms with Gasteiger partial charge in [0.25, 0.3) is 0 Å². The molecule has 17 heavy (non-hydrogen) atoms. The molecule has 0 saturated carbocycles. The lowest BCUT2D eigenvalue weighted by Gasteiger charge is -2.17. The first kappa shape index (κ1) is 14.3. The maximum atomic E-state index is 12.4. The Balaban J connectivity index is 3.37. The summed E-state index contributed by atoms with van der Waals surface area (Å²) >= 11 is 1.52. The van der Waals surface area contributed by atoms with Gasteiger partial charge in [-0.1, -0.05) is 0 Å². The van der Waals surface area contributed by atoms with Gasteiger partial charge in [0.1, 0.15) is 15.0 Å². The van der Waals surface area contributed by atoms with Crippen LogP contribution in [0, 0.1) is 10.6 Å². The summed E-state index contributed by atoms with van der Waals surface area (Å²) in [5.41, 5.74) is -1.86. The maximum Gasteiger partial charge on any atom is 0.573 e. The summed E-state index contributed by atoms with van der Waals surface area (Å²) in [4.78, 5) is 3.36. The van der Waals surface area contributed by atoms with Crippen LogP contribution in [0.5, 0.6) is 5.75 Å². The molecule has 0 N–H and O–H groups in total. The highest BCUT2D eigenvalue weighted by Gasteiger charge is 2.41. The topological polar surface area (TPSA) is 22.1 Å². The Labute approximate surface area is 105 Å².